The van der Waals surface area contributed by atoms with Gasteiger partial charge in [0.25, 0.3) is 0 Å². The van der Waals surface area contributed by atoms with Crippen molar-refractivity contribution in [1.29, 1.82) is 0 Å². The number of hydrogen-bond donors (Lipinski definition) is 0. The molecule has 2 unspecified atom stereocenters. The van der Waals surface area contributed by atoms with Gasteiger partial charge in [0.2, 0.25) is 0 Å². The van der Waals surface area contributed by atoms with Crippen LogP contribution in [-0.4, -0.2) is 13.2 Å². The predicted octanol–water partition coefficient (Wildman–Crippen LogP) is 7.54. The van der Waals surface area contributed by atoms with E-state index in [1.807, 2.05) is 24.3 Å². The first-order chi connectivity index (χ1) is 12.6. The van der Waals surface area contributed by atoms with Crippen molar-refractivity contribution in [1.82, 2.24) is 0 Å². The Kier molecular flexibility index (Phi) is 7.41. The summed E-state index contributed by atoms with van der Waals surface area (Å²) in [5.74, 6) is 0.888. The van der Waals surface area contributed by atoms with Crippen molar-refractivity contribution in [2.45, 2.75) is 52.4 Å². The molecule has 2 rings (SSSR count). The molecule has 0 aliphatic carbocycles. The fourth-order valence-electron chi connectivity index (χ4n) is 3.30. The minimum Gasteiger partial charge on any atom is -0.380 e. The van der Waals surface area contributed by atoms with E-state index in [0.717, 1.165) is 10.0 Å². The van der Waals surface area contributed by atoms with Crippen molar-refractivity contribution in [3.8, 4) is 0 Å². The number of ether oxygens (including phenoxy) is 1. The molecule has 0 heterocycles. The molecule has 0 bridgehead atoms. The van der Waals surface area contributed by atoms with Gasteiger partial charge in [-0.15, -0.1) is 0 Å². The smallest absolute Gasteiger partial charge is 0.0563 e. The molecule has 0 aromatic heterocycles. The van der Waals surface area contributed by atoms with Crippen molar-refractivity contribution in [2.75, 3.05) is 13.2 Å². The predicted molar refractivity (Wildman–Crippen MR) is 118 cm³/mol. The van der Waals surface area contributed by atoms with Crippen molar-refractivity contribution < 1.29 is 4.74 Å². The molecule has 0 N–H and O–H groups in total. The van der Waals surface area contributed by atoms with Gasteiger partial charge < -0.3 is 4.74 Å². The number of hydrogen-bond acceptors (Lipinski definition) is 1. The van der Waals surface area contributed by atoms with Gasteiger partial charge in [-0.05, 0) is 47.2 Å². The van der Waals surface area contributed by atoms with E-state index in [4.69, 9.17) is 27.9 Å². The molecular weight excluding hydrogens is 375 g/mol. The first kappa shape index (κ1) is 22.3. The molecule has 0 spiro atoms. The second kappa shape index (κ2) is 8.99. The fraction of sp³-hybridized carbons (Fsp3) is 0.500. The molecule has 0 saturated heterocycles. The van der Waals surface area contributed by atoms with Crippen LogP contribution in [0, 0.1) is 11.8 Å². The van der Waals surface area contributed by atoms with E-state index in [1.54, 1.807) is 0 Å². The van der Waals surface area contributed by atoms with Crippen molar-refractivity contribution in [3.63, 3.8) is 0 Å². The molecule has 0 fully saturated rings. The first-order valence-electron chi connectivity index (χ1n) is 9.69. The van der Waals surface area contributed by atoms with Gasteiger partial charge in [-0.1, -0.05) is 89.0 Å². The summed E-state index contributed by atoms with van der Waals surface area (Å²) in [7, 11) is 0. The summed E-state index contributed by atoms with van der Waals surface area (Å²) in [4.78, 5) is 0. The van der Waals surface area contributed by atoms with E-state index in [0.29, 0.717) is 25.0 Å². The highest BCUT2D eigenvalue weighted by Gasteiger charge is 2.35. The summed E-state index contributed by atoms with van der Waals surface area (Å²) in [6, 6.07) is 16.3. The van der Waals surface area contributed by atoms with Crippen LogP contribution in [0.3, 0.4) is 0 Å². The zero-order valence-electron chi connectivity index (χ0n) is 17.4. The van der Waals surface area contributed by atoms with Gasteiger partial charge in [0.05, 0.1) is 13.2 Å². The van der Waals surface area contributed by atoms with Crippen LogP contribution in [0.25, 0.3) is 0 Å². The summed E-state index contributed by atoms with van der Waals surface area (Å²) >= 11 is 12.2. The quantitative estimate of drug-likeness (QED) is 0.439. The summed E-state index contributed by atoms with van der Waals surface area (Å²) in [5.41, 5.74) is 2.39. The molecule has 2 aromatic carbocycles. The van der Waals surface area contributed by atoms with Gasteiger partial charge in [-0.25, -0.2) is 0 Å². The lowest BCUT2D eigenvalue weighted by Gasteiger charge is -2.38. The van der Waals surface area contributed by atoms with E-state index in [1.165, 1.54) is 11.1 Å². The average Bonchev–Trinajstić information content (AvgIpc) is 2.62. The molecule has 27 heavy (non-hydrogen) atoms. The second-order valence-electron chi connectivity index (χ2n) is 8.65. The minimum atomic E-state index is -0.0670. The standard InChI is InChI=1S/C24H32Cl2O/c1-17(2)23(5,19-7-11-21(25)12-8-19)15-27-16-24(6,18(3)4)20-9-13-22(26)14-10-20/h7-14,17-18H,15-16H2,1-6H3. The maximum Gasteiger partial charge on any atom is 0.0563 e. The van der Waals surface area contributed by atoms with Crippen LogP contribution in [0.5, 0.6) is 0 Å². The number of halogens is 2. The lowest BCUT2D eigenvalue weighted by molar-refractivity contribution is 0.0271. The summed E-state index contributed by atoms with van der Waals surface area (Å²) < 4.78 is 6.39. The van der Waals surface area contributed by atoms with Gasteiger partial charge in [-0.2, -0.15) is 0 Å². The molecule has 1 nitrogen and oxygen atoms in total. The number of benzene rings is 2. The van der Waals surface area contributed by atoms with Crippen LogP contribution in [0.1, 0.15) is 52.7 Å². The zero-order chi connectivity index (χ0) is 20.2. The maximum atomic E-state index is 6.39. The lowest BCUT2D eigenvalue weighted by atomic mass is 9.73. The molecule has 2 aromatic rings. The third-order valence-corrected chi connectivity index (χ3v) is 6.86. The Balaban J connectivity index is 2.18. The Bertz CT molecular complexity index is 658. The lowest BCUT2D eigenvalue weighted by Crippen LogP contribution is -2.39. The van der Waals surface area contributed by atoms with Crippen LogP contribution >= 0.6 is 23.2 Å². The van der Waals surface area contributed by atoms with Gasteiger partial charge in [0.15, 0.2) is 0 Å². The molecule has 148 valence electrons. The fourth-order valence-corrected chi connectivity index (χ4v) is 3.55. The maximum absolute atomic E-state index is 6.39. The molecule has 0 aliphatic heterocycles. The van der Waals surface area contributed by atoms with Crippen molar-refractivity contribution >= 4 is 23.2 Å². The Labute approximate surface area is 175 Å². The van der Waals surface area contributed by atoms with E-state index in [-0.39, 0.29) is 10.8 Å². The Morgan fingerprint density at radius 3 is 1.22 bits per heavy atom. The van der Waals surface area contributed by atoms with Crippen LogP contribution in [0.2, 0.25) is 10.0 Å². The molecule has 3 heteroatoms. The third kappa shape index (κ3) is 5.08. The summed E-state index contributed by atoms with van der Waals surface area (Å²) in [6.45, 7) is 14.9. The molecular formula is C24H32Cl2O. The largest absolute Gasteiger partial charge is 0.380 e. The number of rotatable bonds is 8. The van der Waals surface area contributed by atoms with Crippen LogP contribution in [0.4, 0.5) is 0 Å². The SMILES string of the molecule is CC(C)C(C)(COCC(C)(c1ccc(Cl)cc1)C(C)C)c1ccc(Cl)cc1. The highest BCUT2D eigenvalue weighted by molar-refractivity contribution is 6.30. The van der Waals surface area contributed by atoms with Crippen LogP contribution in [0.15, 0.2) is 48.5 Å². The van der Waals surface area contributed by atoms with Gasteiger partial charge in [0, 0.05) is 20.9 Å². The van der Waals surface area contributed by atoms with Crippen LogP contribution in [-0.2, 0) is 15.6 Å². The van der Waals surface area contributed by atoms with Crippen molar-refractivity contribution in [3.05, 3.63) is 69.7 Å². The minimum absolute atomic E-state index is 0.0670. The Morgan fingerprint density at radius 1 is 0.667 bits per heavy atom. The topological polar surface area (TPSA) is 9.23 Å². The zero-order valence-corrected chi connectivity index (χ0v) is 18.9. The molecule has 0 radical (unpaired) electrons. The van der Waals surface area contributed by atoms with E-state index >= 15 is 0 Å². The average molecular weight is 407 g/mol. The van der Waals surface area contributed by atoms with E-state index in [2.05, 4.69) is 65.8 Å². The van der Waals surface area contributed by atoms with Gasteiger partial charge >= 0.3 is 0 Å². The first-order valence-corrected chi connectivity index (χ1v) is 10.4. The summed E-state index contributed by atoms with van der Waals surface area (Å²) in [6.07, 6.45) is 0. The normalized spacial score (nSPS) is 16.4. The summed E-state index contributed by atoms with van der Waals surface area (Å²) in [5, 5.41) is 1.53. The Morgan fingerprint density at radius 2 is 0.963 bits per heavy atom. The Hall–Kier alpha value is -1.02. The monoisotopic (exact) mass is 406 g/mol. The van der Waals surface area contributed by atoms with E-state index in [9.17, 15) is 0 Å². The molecule has 0 aliphatic rings. The van der Waals surface area contributed by atoms with Gasteiger partial charge in [0.1, 0.15) is 0 Å². The van der Waals surface area contributed by atoms with Gasteiger partial charge in [-0.3, -0.25) is 0 Å². The molecule has 0 saturated carbocycles. The van der Waals surface area contributed by atoms with Crippen molar-refractivity contribution in [2.24, 2.45) is 11.8 Å². The van der Waals surface area contributed by atoms with E-state index < -0.39 is 0 Å². The highest BCUT2D eigenvalue weighted by Crippen LogP contribution is 2.36. The van der Waals surface area contributed by atoms with Crippen LogP contribution < -0.4 is 0 Å². The third-order valence-electron chi connectivity index (χ3n) is 6.36. The molecule has 0 amide bonds. The molecule has 2 atom stereocenters. The second-order valence-corrected chi connectivity index (χ2v) is 9.52. The highest BCUT2D eigenvalue weighted by atomic mass is 35.5.